The van der Waals surface area contributed by atoms with Crippen LogP contribution in [0.3, 0.4) is 0 Å². The maximum absolute atomic E-state index is 12.8. The van der Waals surface area contributed by atoms with Crippen LogP contribution in [0.5, 0.6) is 0 Å². The monoisotopic (exact) mass is 476 g/mol. The molecule has 10 heteroatoms. The minimum atomic E-state index is -0.529. The van der Waals surface area contributed by atoms with Gasteiger partial charge in [-0.15, -0.1) is 0 Å². The number of hydrogen-bond acceptors (Lipinski definition) is 6. The fourth-order valence-electron chi connectivity index (χ4n) is 3.70. The standard InChI is InChI=1S/C24H20N4O5S/c1-15-12-17(16(2)27(15)19-8-10-20(11-9-19)28(32)33)13-21-23(30)26(24(31)34-21)14-22(29)25-18-6-4-3-5-7-18/h3-13H,14H2,1-2H3,(H,25,29)/b21-13-. The Bertz CT molecular complexity index is 1330. The minimum absolute atomic E-state index is 0.00332. The molecule has 9 nitrogen and oxygen atoms in total. The van der Waals surface area contributed by atoms with Crippen LogP contribution in [0, 0.1) is 24.0 Å². The summed E-state index contributed by atoms with van der Waals surface area (Å²) in [6, 6.07) is 16.8. The summed E-state index contributed by atoms with van der Waals surface area (Å²) in [5, 5.41) is 13.1. The highest BCUT2D eigenvalue weighted by molar-refractivity contribution is 8.18. The van der Waals surface area contributed by atoms with E-state index in [1.807, 2.05) is 30.5 Å². The lowest BCUT2D eigenvalue weighted by molar-refractivity contribution is -0.384. The summed E-state index contributed by atoms with van der Waals surface area (Å²) in [6.07, 6.45) is 1.63. The summed E-state index contributed by atoms with van der Waals surface area (Å²) in [7, 11) is 0. The first-order valence-electron chi connectivity index (χ1n) is 10.3. The molecule has 0 spiro atoms. The zero-order chi connectivity index (χ0) is 24.4. The first-order chi connectivity index (χ1) is 16.2. The zero-order valence-electron chi connectivity index (χ0n) is 18.3. The van der Waals surface area contributed by atoms with Crippen LogP contribution in [0.15, 0.2) is 65.6 Å². The molecular formula is C24H20N4O5S. The summed E-state index contributed by atoms with van der Waals surface area (Å²) in [5.74, 6) is -0.996. The van der Waals surface area contributed by atoms with Crippen LogP contribution in [0.2, 0.25) is 0 Å². The number of rotatable bonds is 6. The average Bonchev–Trinajstić information content (AvgIpc) is 3.23. The third-order valence-electron chi connectivity index (χ3n) is 5.31. The highest BCUT2D eigenvalue weighted by Gasteiger charge is 2.36. The summed E-state index contributed by atoms with van der Waals surface area (Å²) in [5.41, 5.74) is 3.71. The van der Waals surface area contributed by atoms with Gasteiger partial charge >= 0.3 is 0 Å². The molecule has 1 saturated heterocycles. The normalized spacial score (nSPS) is 14.6. The Hall–Kier alpha value is -4.18. The molecule has 3 aromatic rings. The van der Waals surface area contributed by atoms with E-state index in [0.717, 1.165) is 39.3 Å². The maximum atomic E-state index is 12.8. The van der Waals surface area contributed by atoms with E-state index in [4.69, 9.17) is 0 Å². The molecule has 4 rings (SSSR count). The van der Waals surface area contributed by atoms with Crippen molar-refractivity contribution in [1.29, 1.82) is 0 Å². The predicted octanol–water partition coefficient (Wildman–Crippen LogP) is 4.68. The van der Waals surface area contributed by atoms with E-state index in [1.54, 1.807) is 42.5 Å². The quantitative estimate of drug-likeness (QED) is 0.314. The van der Waals surface area contributed by atoms with Gasteiger partial charge in [-0.2, -0.15) is 0 Å². The molecule has 34 heavy (non-hydrogen) atoms. The molecule has 0 unspecified atom stereocenters. The number of carbonyl (C=O) groups is 3. The predicted molar refractivity (Wildman–Crippen MR) is 130 cm³/mol. The number of nitrogens with zero attached hydrogens (tertiary/aromatic N) is 3. The van der Waals surface area contributed by atoms with Gasteiger partial charge in [0.05, 0.1) is 9.83 Å². The van der Waals surface area contributed by atoms with E-state index >= 15 is 0 Å². The third kappa shape index (κ3) is 4.62. The van der Waals surface area contributed by atoms with E-state index < -0.39 is 22.0 Å². The minimum Gasteiger partial charge on any atom is -0.325 e. The van der Waals surface area contributed by atoms with Crippen LogP contribution in [0.4, 0.5) is 16.2 Å². The molecule has 0 radical (unpaired) electrons. The lowest BCUT2D eigenvalue weighted by atomic mass is 10.2. The van der Waals surface area contributed by atoms with Crippen LogP contribution in [0.25, 0.3) is 11.8 Å². The maximum Gasteiger partial charge on any atom is 0.294 e. The number of benzene rings is 2. The molecular weight excluding hydrogens is 456 g/mol. The van der Waals surface area contributed by atoms with Crippen molar-refractivity contribution in [2.75, 3.05) is 11.9 Å². The summed E-state index contributed by atoms with van der Waals surface area (Å²) < 4.78 is 1.91. The van der Waals surface area contributed by atoms with Gasteiger partial charge in [0, 0.05) is 34.9 Å². The van der Waals surface area contributed by atoms with Gasteiger partial charge in [-0.3, -0.25) is 29.4 Å². The molecule has 1 fully saturated rings. The number of non-ortho nitro benzene ring substituents is 1. The molecule has 1 aromatic heterocycles. The molecule has 2 heterocycles. The number of anilines is 1. The summed E-state index contributed by atoms with van der Waals surface area (Å²) >= 11 is 0.784. The SMILES string of the molecule is Cc1cc(/C=C2\SC(=O)N(CC(=O)Nc3ccccc3)C2=O)c(C)n1-c1ccc([N+](=O)[O-])cc1. The van der Waals surface area contributed by atoms with Crippen molar-refractivity contribution >= 4 is 46.3 Å². The first kappa shape index (κ1) is 23.0. The molecule has 1 aliphatic rings. The Morgan fingerprint density at radius 3 is 2.41 bits per heavy atom. The Kier molecular flexibility index (Phi) is 6.33. The average molecular weight is 477 g/mol. The number of hydrogen-bond donors (Lipinski definition) is 1. The van der Waals surface area contributed by atoms with E-state index in [1.165, 1.54) is 12.1 Å². The second-order valence-electron chi connectivity index (χ2n) is 7.62. The Morgan fingerprint density at radius 1 is 1.09 bits per heavy atom. The fraction of sp³-hybridized carbons (Fsp3) is 0.125. The van der Waals surface area contributed by atoms with Crippen molar-refractivity contribution in [3.8, 4) is 5.69 Å². The van der Waals surface area contributed by atoms with Gasteiger partial charge in [0.2, 0.25) is 5.91 Å². The number of thioether (sulfide) groups is 1. The number of para-hydroxylation sites is 1. The molecule has 0 atom stereocenters. The van der Waals surface area contributed by atoms with Gasteiger partial charge in [0.1, 0.15) is 6.54 Å². The van der Waals surface area contributed by atoms with Crippen molar-refractivity contribution < 1.29 is 19.3 Å². The molecule has 0 aliphatic carbocycles. The number of nitro benzene ring substituents is 1. The molecule has 3 amide bonds. The van der Waals surface area contributed by atoms with E-state index in [9.17, 15) is 24.5 Å². The highest BCUT2D eigenvalue weighted by atomic mass is 32.2. The van der Waals surface area contributed by atoms with Crippen molar-refractivity contribution in [3.63, 3.8) is 0 Å². The van der Waals surface area contributed by atoms with Gasteiger partial charge in [-0.1, -0.05) is 18.2 Å². The second kappa shape index (κ2) is 9.36. The number of carbonyl (C=O) groups excluding carboxylic acids is 3. The number of imide groups is 1. The van der Waals surface area contributed by atoms with Crippen molar-refractivity contribution in [2.45, 2.75) is 13.8 Å². The van der Waals surface area contributed by atoms with E-state index in [0.29, 0.717) is 5.69 Å². The first-order valence-corrected chi connectivity index (χ1v) is 11.1. The molecule has 0 saturated carbocycles. The van der Waals surface area contributed by atoms with Gasteiger partial charge in [-0.25, -0.2) is 0 Å². The Labute approximate surface area is 199 Å². The van der Waals surface area contributed by atoms with Crippen LogP contribution in [-0.2, 0) is 9.59 Å². The zero-order valence-corrected chi connectivity index (χ0v) is 19.2. The number of aryl methyl sites for hydroxylation is 1. The number of nitrogens with one attached hydrogen (secondary N) is 1. The summed E-state index contributed by atoms with van der Waals surface area (Å²) in [6.45, 7) is 3.36. The lowest BCUT2D eigenvalue weighted by Crippen LogP contribution is -2.36. The molecule has 2 aromatic carbocycles. The lowest BCUT2D eigenvalue weighted by Gasteiger charge is -2.12. The highest BCUT2D eigenvalue weighted by Crippen LogP contribution is 2.34. The number of nitro groups is 1. The molecule has 172 valence electrons. The van der Waals surface area contributed by atoms with Crippen LogP contribution < -0.4 is 5.32 Å². The van der Waals surface area contributed by atoms with Crippen molar-refractivity contribution in [3.05, 3.63) is 92.6 Å². The van der Waals surface area contributed by atoms with Gasteiger partial charge in [-0.05, 0) is 67.6 Å². The van der Waals surface area contributed by atoms with Crippen LogP contribution >= 0.6 is 11.8 Å². The number of aromatic nitrogens is 1. The molecule has 1 aliphatic heterocycles. The fourth-order valence-corrected chi connectivity index (χ4v) is 4.53. The summed E-state index contributed by atoms with van der Waals surface area (Å²) in [4.78, 5) is 49.2. The molecule has 0 bridgehead atoms. The van der Waals surface area contributed by atoms with Crippen molar-refractivity contribution in [1.82, 2.24) is 9.47 Å². The van der Waals surface area contributed by atoms with Crippen molar-refractivity contribution in [2.24, 2.45) is 0 Å². The largest absolute Gasteiger partial charge is 0.325 e. The van der Waals surface area contributed by atoms with Gasteiger partial charge in [0.15, 0.2) is 0 Å². The van der Waals surface area contributed by atoms with Crippen LogP contribution in [0.1, 0.15) is 17.0 Å². The Balaban J connectivity index is 1.53. The van der Waals surface area contributed by atoms with Gasteiger partial charge in [0.25, 0.3) is 16.8 Å². The van der Waals surface area contributed by atoms with E-state index in [2.05, 4.69) is 5.32 Å². The topological polar surface area (TPSA) is 115 Å². The van der Waals surface area contributed by atoms with E-state index in [-0.39, 0.29) is 17.1 Å². The molecule has 1 N–H and O–H groups in total. The van der Waals surface area contributed by atoms with Gasteiger partial charge < -0.3 is 9.88 Å². The van der Waals surface area contributed by atoms with Crippen LogP contribution in [-0.4, -0.2) is 38.0 Å². The number of amides is 3. The third-order valence-corrected chi connectivity index (χ3v) is 6.22. The Morgan fingerprint density at radius 2 is 1.76 bits per heavy atom. The smallest absolute Gasteiger partial charge is 0.294 e. The second-order valence-corrected chi connectivity index (χ2v) is 8.61.